The molecular formula is C19H37NO2. The Morgan fingerprint density at radius 2 is 1.50 bits per heavy atom. The first-order chi connectivity index (χ1) is 10.7. The molecule has 3 N–H and O–H groups in total. The lowest BCUT2D eigenvalue weighted by atomic mass is 10.0. The van der Waals surface area contributed by atoms with Gasteiger partial charge in [0.2, 0.25) is 0 Å². The monoisotopic (exact) mass is 311 g/mol. The Hall–Kier alpha value is -0.830. The van der Waals surface area contributed by atoms with Crippen LogP contribution in [0.1, 0.15) is 96.8 Å². The normalized spacial score (nSPS) is 12.8. The fourth-order valence-electron chi connectivity index (χ4n) is 2.60. The highest BCUT2D eigenvalue weighted by molar-refractivity contribution is 5.66. The molecule has 0 heterocycles. The van der Waals surface area contributed by atoms with Gasteiger partial charge in [-0.25, -0.2) is 0 Å². The SMILES string of the molecule is CCCCCCCC/C=C\CCCC(N)CCCCC(=O)O. The molecule has 0 fully saturated rings. The van der Waals surface area contributed by atoms with E-state index >= 15 is 0 Å². The van der Waals surface area contributed by atoms with Gasteiger partial charge in [0.15, 0.2) is 0 Å². The van der Waals surface area contributed by atoms with Gasteiger partial charge in [0.25, 0.3) is 0 Å². The quantitative estimate of drug-likeness (QED) is 0.295. The van der Waals surface area contributed by atoms with E-state index in [2.05, 4.69) is 19.1 Å². The third-order valence-corrected chi connectivity index (χ3v) is 4.05. The van der Waals surface area contributed by atoms with E-state index in [4.69, 9.17) is 10.8 Å². The zero-order valence-electron chi connectivity index (χ0n) is 14.6. The summed E-state index contributed by atoms with van der Waals surface area (Å²) in [7, 11) is 0. The summed E-state index contributed by atoms with van der Waals surface area (Å²) in [5.74, 6) is -0.705. The van der Waals surface area contributed by atoms with Crippen molar-refractivity contribution in [3.63, 3.8) is 0 Å². The van der Waals surface area contributed by atoms with Crippen LogP contribution in [0, 0.1) is 0 Å². The molecule has 130 valence electrons. The Kier molecular flexibility index (Phi) is 15.9. The van der Waals surface area contributed by atoms with Crippen LogP contribution >= 0.6 is 0 Å². The first kappa shape index (κ1) is 21.2. The number of unbranched alkanes of at least 4 members (excludes halogenated alkanes) is 8. The van der Waals surface area contributed by atoms with Crippen molar-refractivity contribution in [3.8, 4) is 0 Å². The number of carboxylic acid groups (broad SMARTS) is 1. The molecule has 3 nitrogen and oxygen atoms in total. The summed E-state index contributed by atoms with van der Waals surface area (Å²) in [4.78, 5) is 10.4. The van der Waals surface area contributed by atoms with Crippen LogP contribution in [0.4, 0.5) is 0 Å². The second-order valence-electron chi connectivity index (χ2n) is 6.36. The maximum atomic E-state index is 10.4. The molecule has 1 unspecified atom stereocenters. The topological polar surface area (TPSA) is 63.3 Å². The molecule has 3 heteroatoms. The molecule has 0 aliphatic heterocycles. The van der Waals surface area contributed by atoms with Crippen molar-refractivity contribution in [2.45, 2.75) is 103 Å². The smallest absolute Gasteiger partial charge is 0.303 e. The van der Waals surface area contributed by atoms with E-state index in [-0.39, 0.29) is 12.5 Å². The standard InChI is InChI=1S/C19H37NO2/c1-2-3-4-5-6-7-8-9-10-11-12-15-18(20)16-13-14-17-19(21)22/h9-10,18H,2-8,11-17,20H2,1H3,(H,21,22)/b10-9-. The minimum atomic E-state index is -0.705. The maximum Gasteiger partial charge on any atom is 0.303 e. The largest absolute Gasteiger partial charge is 0.481 e. The lowest BCUT2D eigenvalue weighted by Gasteiger charge is -2.09. The van der Waals surface area contributed by atoms with Crippen molar-refractivity contribution < 1.29 is 9.90 Å². The Bertz CT molecular complexity index is 277. The van der Waals surface area contributed by atoms with E-state index in [1.807, 2.05) is 0 Å². The summed E-state index contributed by atoms with van der Waals surface area (Å²) in [6, 6.07) is 0.237. The van der Waals surface area contributed by atoms with Gasteiger partial charge in [-0.2, -0.15) is 0 Å². The van der Waals surface area contributed by atoms with Crippen molar-refractivity contribution in [2.75, 3.05) is 0 Å². The van der Waals surface area contributed by atoms with Crippen LogP contribution in [0.25, 0.3) is 0 Å². The molecule has 0 aromatic rings. The minimum absolute atomic E-state index is 0.237. The zero-order valence-corrected chi connectivity index (χ0v) is 14.6. The number of carbonyl (C=O) groups is 1. The number of nitrogens with two attached hydrogens (primary N) is 1. The molecule has 0 aromatic carbocycles. The molecule has 0 aliphatic carbocycles. The number of allylic oxidation sites excluding steroid dienone is 2. The number of hydrogen-bond donors (Lipinski definition) is 2. The molecule has 0 aromatic heterocycles. The van der Waals surface area contributed by atoms with Crippen molar-refractivity contribution in [2.24, 2.45) is 5.73 Å². The summed E-state index contributed by atoms with van der Waals surface area (Å²) >= 11 is 0. The summed E-state index contributed by atoms with van der Waals surface area (Å²) in [5, 5.41) is 8.56. The molecule has 0 saturated heterocycles. The second kappa shape index (κ2) is 16.5. The highest BCUT2D eigenvalue weighted by Gasteiger charge is 2.03. The summed E-state index contributed by atoms with van der Waals surface area (Å²) in [6.07, 6.45) is 20.2. The lowest BCUT2D eigenvalue weighted by Crippen LogP contribution is -2.19. The van der Waals surface area contributed by atoms with Crippen molar-refractivity contribution >= 4 is 5.97 Å². The van der Waals surface area contributed by atoms with Gasteiger partial charge < -0.3 is 10.8 Å². The Labute approximate surface area is 137 Å². The van der Waals surface area contributed by atoms with E-state index in [0.717, 1.165) is 38.5 Å². The molecule has 0 rings (SSSR count). The predicted octanol–water partition coefficient (Wildman–Crippen LogP) is 5.44. The first-order valence-corrected chi connectivity index (χ1v) is 9.29. The summed E-state index contributed by atoms with van der Waals surface area (Å²) < 4.78 is 0. The van der Waals surface area contributed by atoms with Gasteiger partial charge in [0.05, 0.1) is 0 Å². The van der Waals surface area contributed by atoms with E-state index in [9.17, 15) is 4.79 Å². The molecule has 0 saturated carbocycles. The third-order valence-electron chi connectivity index (χ3n) is 4.05. The van der Waals surface area contributed by atoms with Crippen molar-refractivity contribution in [1.29, 1.82) is 0 Å². The Morgan fingerprint density at radius 3 is 2.18 bits per heavy atom. The van der Waals surface area contributed by atoms with Gasteiger partial charge >= 0.3 is 5.97 Å². The van der Waals surface area contributed by atoms with E-state index in [0.29, 0.717) is 0 Å². The third kappa shape index (κ3) is 17.2. The maximum absolute atomic E-state index is 10.4. The highest BCUT2D eigenvalue weighted by atomic mass is 16.4. The second-order valence-corrected chi connectivity index (χ2v) is 6.36. The lowest BCUT2D eigenvalue weighted by molar-refractivity contribution is -0.137. The molecule has 0 radical (unpaired) electrons. The molecule has 0 spiro atoms. The van der Waals surface area contributed by atoms with E-state index in [1.165, 1.54) is 44.9 Å². The van der Waals surface area contributed by atoms with Gasteiger partial charge in [0, 0.05) is 12.5 Å². The first-order valence-electron chi connectivity index (χ1n) is 9.29. The van der Waals surface area contributed by atoms with E-state index in [1.54, 1.807) is 0 Å². The number of hydrogen-bond acceptors (Lipinski definition) is 2. The molecule has 0 bridgehead atoms. The van der Waals surface area contributed by atoms with Crippen molar-refractivity contribution in [3.05, 3.63) is 12.2 Å². The zero-order chi connectivity index (χ0) is 16.5. The van der Waals surface area contributed by atoms with Crippen LogP contribution < -0.4 is 5.73 Å². The minimum Gasteiger partial charge on any atom is -0.481 e. The van der Waals surface area contributed by atoms with Gasteiger partial charge in [-0.3, -0.25) is 4.79 Å². The Morgan fingerprint density at radius 1 is 0.909 bits per heavy atom. The number of carboxylic acids is 1. The summed E-state index contributed by atoms with van der Waals surface area (Å²) in [6.45, 7) is 2.25. The van der Waals surface area contributed by atoms with Gasteiger partial charge in [-0.15, -0.1) is 0 Å². The number of aliphatic carboxylic acids is 1. The van der Waals surface area contributed by atoms with Gasteiger partial charge in [-0.05, 0) is 44.9 Å². The van der Waals surface area contributed by atoms with Gasteiger partial charge in [0.1, 0.15) is 0 Å². The van der Waals surface area contributed by atoms with E-state index < -0.39 is 5.97 Å². The molecule has 22 heavy (non-hydrogen) atoms. The van der Waals surface area contributed by atoms with Crippen LogP contribution in [-0.4, -0.2) is 17.1 Å². The van der Waals surface area contributed by atoms with Crippen LogP contribution in [0.5, 0.6) is 0 Å². The van der Waals surface area contributed by atoms with Crippen LogP contribution in [0.15, 0.2) is 12.2 Å². The van der Waals surface area contributed by atoms with Gasteiger partial charge in [-0.1, -0.05) is 57.6 Å². The van der Waals surface area contributed by atoms with Crippen LogP contribution in [0.3, 0.4) is 0 Å². The Balaban J connectivity index is 3.26. The average molecular weight is 312 g/mol. The van der Waals surface area contributed by atoms with Crippen LogP contribution in [0.2, 0.25) is 0 Å². The highest BCUT2D eigenvalue weighted by Crippen LogP contribution is 2.10. The van der Waals surface area contributed by atoms with Crippen molar-refractivity contribution in [1.82, 2.24) is 0 Å². The molecular weight excluding hydrogens is 274 g/mol. The predicted molar refractivity (Wildman–Crippen MR) is 95.1 cm³/mol. The molecule has 0 aliphatic rings. The summed E-state index contributed by atoms with van der Waals surface area (Å²) in [5.41, 5.74) is 6.04. The number of rotatable bonds is 16. The molecule has 1 atom stereocenters. The fraction of sp³-hybridized carbons (Fsp3) is 0.842. The van der Waals surface area contributed by atoms with Crippen LogP contribution in [-0.2, 0) is 4.79 Å². The molecule has 0 amide bonds. The average Bonchev–Trinajstić information content (AvgIpc) is 2.49. The fourth-order valence-corrected chi connectivity index (χ4v) is 2.60.